The molecule has 1 amide bonds. The van der Waals surface area contributed by atoms with E-state index in [1.54, 1.807) is 0 Å². The fourth-order valence-corrected chi connectivity index (χ4v) is 7.38. The molecule has 1 heterocycles. The standard InChI is InChI=1S/C46H51NO9/c1-45(2,3)55-40(50)19-15-28-23-30(17-18-39(48)49)42-36(25-28)37-26-29(16-20-41(51)56-46(4,5)6)24-31(43(37)54-42)21-22-47-44(52)53-27-38-34-13-9-7-11-32(34)33-12-8-10-14-35(33)38/h7-14,23-26,38H,15-22,27H2,1-6H3,(H,47,52)(H,48,49). The summed E-state index contributed by atoms with van der Waals surface area (Å²) in [6, 6.07) is 24.2. The van der Waals surface area contributed by atoms with Crippen LogP contribution in [0.3, 0.4) is 0 Å². The predicted octanol–water partition coefficient (Wildman–Crippen LogP) is 9.23. The molecule has 1 aromatic heterocycles. The lowest BCUT2D eigenvalue weighted by atomic mass is 9.96. The zero-order valence-electron chi connectivity index (χ0n) is 33.1. The summed E-state index contributed by atoms with van der Waals surface area (Å²) in [5.74, 6) is -1.63. The van der Waals surface area contributed by atoms with E-state index >= 15 is 0 Å². The Hall–Kier alpha value is -5.64. The van der Waals surface area contributed by atoms with E-state index in [-0.39, 0.29) is 56.7 Å². The number of alkyl carbamates (subject to hydrolysis) is 1. The van der Waals surface area contributed by atoms with Crippen LogP contribution in [0.1, 0.15) is 100 Å². The van der Waals surface area contributed by atoms with Crippen molar-refractivity contribution in [2.75, 3.05) is 13.2 Å². The number of hydrogen-bond acceptors (Lipinski definition) is 8. The number of fused-ring (bicyclic) bond motifs is 6. The highest BCUT2D eigenvalue weighted by Gasteiger charge is 2.29. The second-order valence-corrected chi connectivity index (χ2v) is 16.4. The summed E-state index contributed by atoms with van der Waals surface area (Å²) in [5.41, 5.74) is 7.79. The first kappa shape index (κ1) is 40.0. The van der Waals surface area contributed by atoms with Gasteiger partial charge in [0.2, 0.25) is 0 Å². The highest BCUT2D eigenvalue weighted by atomic mass is 16.6. The van der Waals surface area contributed by atoms with E-state index in [0.29, 0.717) is 30.4 Å². The maximum atomic E-state index is 13.1. The molecule has 5 aromatic rings. The largest absolute Gasteiger partial charge is 0.481 e. The number of ether oxygens (including phenoxy) is 3. The van der Waals surface area contributed by atoms with Crippen molar-refractivity contribution in [1.29, 1.82) is 0 Å². The van der Waals surface area contributed by atoms with Crippen molar-refractivity contribution in [2.24, 2.45) is 0 Å². The van der Waals surface area contributed by atoms with Crippen molar-refractivity contribution < 1.29 is 42.9 Å². The lowest BCUT2D eigenvalue weighted by Gasteiger charge is -2.19. The van der Waals surface area contributed by atoms with Crippen molar-refractivity contribution >= 4 is 45.9 Å². The molecule has 10 heteroatoms. The third kappa shape index (κ3) is 9.96. The normalized spacial score (nSPS) is 12.7. The van der Waals surface area contributed by atoms with E-state index in [9.17, 15) is 24.3 Å². The van der Waals surface area contributed by atoms with E-state index in [1.165, 1.54) is 0 Å². The third-order valence-corrected chi connectivity index (χ3v) is 9.64. The molecule has 0 saturated carbocycles. The number of carboxylic acids is 1. The molecule has 4 aromatic carbocycles. The number of carbonyl (C=O) groups is 4. The van der Waals surface area contributed by atoms with Gasteiger partial charge in [-0.2, -0.15) is 0 Å². The monoisotopic (exact) mass is 761 g/mol. The van der Waals surface area contributed by atoms with Crippen LogP contribution in [0, 0.1) is 0 Å². The maximum Gasteiger partial charge on any atom is 0.407 e. The summed E-state index contributed by atoms with van der Waals surface area (Å²) in [4.78, 5) is 50.1. The molecular formula is C46H51NO9. The van der Waals surface area contributed by atoms with Crippen LogP contribution in [0.15, 0.2) is 77.2 Å². The number of carboxylic acid groups (broad SMARTS) is 1. The van der Waals surface area contributed by atoms with Gasteiger partial charge in [0.1, 0.15) is 29.0 Å². The molecular weight excluding hydrogens is 711 g/mol. The summed E-state index contributed by atoms with van der Waals surface area (Å²) in [6.45, 7) is 11.4. The number of furan rings is 1. The van der Waals surface area contributed by atoms with Gasteiger partial charge < -0.3 is 29.1 Å². The summed E-state index contributed by atoms with van der Waals surface area (Å²) in [5, 5.41) is 14.0. The average Bonchev–Trinajstić information content (AvgIpc) is 3.65. The van der Waals surface area contributed by atoms with Gasteiger partial charge in [0.15, 0.2) is 0 Å². The first-order valence-electron chi connectivity index (χ1n) is 19.3. The smallest absolute Gasteiger partial charge is 0.407 e. The molecule has 0 spiro atoms. The molecule has 1 aliphatic carbocycles. The summed E-state index contributed by atoms with van der Waals surface area (Å²) < 4.78 is 23.4. The quantitative estimate of drug-likeness (QED) is 0.0837. The number of aryl methyl sites for hydroxylation is 3. The SMILES string of the molecule is CC(C)(C)OC(=O)CCc1cc(CCNC(=O)OCC2c3ccccc3-c3ccccc32)c2oc3c(CCC(=O)O)cc(CCC(=O)OC(C)(C)C)cc3c2c1. The lowest BCUT2D eigenvalue weighted by Crippen LogP contribution is -2.28. The van der Waals surface area contributed by atoms with E-state index in [1.807, 2.05) is 90.1 Å². The van der Waals surface area contributed by atoms with Crippen LogP contribution in [-0.4, -0.2) is 53.5 Å². The number of amides is 1. The fourth-order valence-electron chi connectivity index (χ4n) is 7.38. The molecule has 0 unspecified atom stereocenters. The Morgan fingerprint density at radius 1 is 0.661 bits per heavy atom. The minimum absolute atomic E-state index is 0.0608. The molecule has 0 radical (unpaired) electrons. The van der Waals surface area contributed by atoms with E-state index in [4.69, 9.17) is 18.6 Å². The van der Waals surface area contributed by atoms with E-state index < -0.39 is 23.3 Å². The average molecular weight is 762 g/mol. The minimum atomic E-state index is -0.933. The Kier molecular flexibility index (Phi) is 11.9. The van der Waals surface area contributed by atoms with Gasteiger partial charge in [0.05, 0.1) is 0 Å². The van der Waals surface area contributed by atoms with Crippen LogP contribution in [0.5, 0.6) is 0 Å². The summed E-state index contributed by atoms with van der Waals surface area (Å²) in [7, 11) is 0. The Bertz CT molecular complexity index is 2230. The van der Waals surface area contributed by atoms with Gasteiger partial charge in [0, 0.05) is 42.5 Å². The fraction of sp³-hybridized carbons (Fsp3) is 0.391. The van der Waals surface area contributed by atoms with E-state index in [0.717, 1.165) is 55.3 Å². The third-order valence-electron chi connectivity index (χ3n) is 9.64. The topological polar surface area (TPSA) is 141 Å². The minimum Gasteiger partial charge on any atom is -0.481 e. The van der Waals surface area contributed by atoms with Gasteiger partial charge in [-0.25, -0.2) is 4.79 Å². The van der Waals surface area contributed by atoms with Crippen molar-refractivity contribution in [3.05, 3.63) is 106 Å². The molecule has 10 nitrogen and oxygen atoms in total. The molecule has 0 atom stereocenters. The number of aliphatic carboxylic acids is 1. The van der Waals surface area contributed by atoms with Gasteiger partial charge in [-0.3, -0.25) is 14.4 Å². The zero-order valence-corrected chi connectivity index (χ0v) is 33.1. The van der Waals surface area contributed by atoms with Crippen molar-refractivity contribution in [3.63, 3.8) is 0 Å². The number of hydrogen-bond donors (Lipinski definition) is 2. The molecule has 0 bridgehead atoms. The molecule has 0 saturated heterocycles. The van der Waals surface area contributed by atoms with Gasteiger partial charge in [-0.05, 0) is 124 Å². The van der Waals surface area contributed by atoms with Gasteiger partial charge >= 0.3 is 24.0 Å². The Morgan fingerprint density at radius 2 is 1.14 bits per heavy atom. The van der Waals surface area contributed by atoms with Crippen LogP contribution in [0.2, 0.25) is 0 Å². The zero-order chi connectivity index (χ0) is 40.2. The Balaban J connectivity index is 1.25. The highest BCUT2D eigenvalue weighted by Crippen LogP contribution is 2.44. The van der Waals surface area contributed by atoms with Crippen LogP contribution in [0.25, 0.3) is 33.1 Å². The molecule has 56 heavy (non-hydrogen) atoms. The molecule has 0 aliphatic heterocycles. The van der Waals surface area contributed by atoms with Gasteiger partial charge in [0.25, 0.3) is 0 Å². The van der Waals surface area contributed by atoms with Gasteiger partial charge in [-0.1, -0.05) is 60.7 Å². The number of rotatable bonds is 14. The number of carbonyl (C=O) groups excluding carboxylic acids is 3. The number of esters is 2. The summed E-state index contributed by atoms with van der Waals surface area (Å²) >= 11 is 0. The molecule has 1 aliphatic rings. The highest BCUT2D eigenvalue weighted by molar-refractivity contribution is 6.07. The molecule has 2 N–H and O–H groups in total. The molecule has 6 rings (SSSR count). The summed E-state index contributed by atoms with van der Waals surface area (Å²) in [6.07, 6.45) is 1.14. The second kappa shape index (κ2) is 16.6. The predicted molar refractivity (Wildman–Crippen MR) is 215 cm³/mol. The molecule has 0 fully saturated rings. The number of benzene rings is 4. The lowest BCUT2D eigenvalue weighted by molar-refractivity contribution is -0.155. The van der Waals surface area contributed by atoms with Crippen LogP contribution < -0.4 is 5.32 Å². The molecule has 294 valence electrons. The number of nitrogens with one attached hydrogen (secondary N) is 1. The second-order valence-electron chi connectivity index (χ2n) is 16.4. The Labute approximate surface area is 327 Å². The first-order chi connectivity index (χ1) is 26.5. The van der Waals surface area contributed by atoms with Crippen molar-refractivity contribution in [1.82, 2.24) is 5.32 Å². The maximum absolute atomic E-state index is 13.1. The van der Waals surface area contributed by atoms with Crippen LogP contribution in [0.4, 0.5) is 4.79 Å². The van der Waals surface area contributed by atoms with Crippen LogP contribution >= 0.6 is 0 Å². The van der Waals surface area contributed by atoms with Crippen molar-refractivity contribution in [2.45, 2.75) is 104 Å². The van der Waals surface area contributed by atoms with E-state index in [2.05, 4.69) is 29.6 Å². The van der Waals surface area contributed by atoms with Gasteiger partial charge in [-0.15, -0.1) is 0 Å². The van der Waals surface area contributed by atoms with Crippen LogP contribution in [-0.2, 0) is 54.3 Å². The Morgan fingerprint density at radius 3 is 1.62 bits per heavy atom. The first-order valence-corrected chi connectivity index (χ1v) is 19.3. The van der Waals surface area contributed by atoms with Crippen molar-refractivity contribution in [3.8, 4) is 11.1 Å².